The third kappa shape index (κ3) is 60.2. The molecule has 0 amide bonds. The average Bonchev–Trinajstić information content (AvgIpc) is 3.38. The van der Waals surface area contributed by atoms with E-state index in [2.05, 4.69) is 111 Å². The number of hydrogen-bond donors (Lipinski definition) is 1. The molecule has 76 heavy (non-hydrogen) atoms. The highest BCUT2D eigenvalue weighted by Gasteiger charge is 2.27. The predicted molar refractivity (Wildman–Crippen MR) is 325 cm³/mol. The van der Waals surface area contributed by atoms with Crippen LogP contribution in [0.2, 0.25) is 0 Å². The summed E-state index contributed by atoms with van der Waals surface area (Å²) in [6, 6.07) is 0. The molecule has 0 aromatic rings. The van der Waals surface area contributed by atoms with Crippen LogP contribution < -0.4 is 0 Å². The second-order valence-corrected chi connectivity index (χ2v) is 23.2. The van der Waals surface area contributed by atoms with Crippen LogP contribution >= 0.6 is 7.82 Å². The number of phosphoric acid groups is 1. The van der Waals surface area contributed by atoms with Crippen LogP contribution in [0.25, 0.3) is 0 Å². The number of phosphoric ester groups is 1. The van der Waals surface area contributed by atoms with Gasteiger partial charge in [0.1, 0.15) is 19.8 Å². The number of quaternary nitrogens is 1. The number of ether oxygens (including phenoxy) is 2. The lowest BCUT2D eigenvalue weighted by Gasteiger charge is -2.24. The molecule has 10 heteroatoms. The zero-order valence-electron chi connectivity index (χ0n) is 49.7. The molecule has 0 fully saturated rings. The zero-order chi connectivity index (χ0) is 55.6. The summed E-state index contributed by atoms with van der Waals surface area (Å²) in [4.78, 5) is 35.7. The molecule has 0 rings (SSSR count). The van der Waals surface area contributed by atoms with E-state index >= 15 is 0 Å². The number of carbonyl (C=O) groups excluding carboxylic acids is 2. The van der Waals surface area contributed by atoms with E-state index in [4.69, 9.17) is 18.5 Å². The van der Waals surface area contributed by atoms with Crippen molar-refractivity contribution in [3.63, 3.8) is 0 Å². The Hall–Kier alpha value is -3.07. The van der Waals surface area contributed by atoms with Crippen LogP contribution in [0.5, 0.6) is 0 Å². The Morgan fingerprint density at radius 2 is 0.750 bits per heavy atom. The topological polar surface area (TPSA) is 108 Å². The molecule has 0 bridgehead atoms. The summed E-state index contributed by atoms with van der Waals surface area (Å²) in [6.45, 7) is 4.32. The summed E-state index contributed by atoms with van der Waals surface area (Å²) in [7, 11) is 1.47. The van der Waals surface area contributed by atoms with Crippen LogP contribution in [0.1, 0.15) is 258 Å². The highest BCUT2D eigenvalue weighted by molar-refractivity contribution is 7.47. The van der Waals surface area contributed by atoms with Gasteiger partial charge in [0.15, 0.2) is 6.10 Å². The molecule has 0 spiro atoms. The van der Waals surface area contributed by atoms with Crippen LogP contribution in [-0.4, -0.2) is 74.9 Å². The molecule has 2 unspecified atom stereocenters. The molecular formula is C66H117NO8P+. The first-order valence-corrected chi connectivity index (χ1v) is 32.5. The van der Waals surface area contributed by atoms with Gasteiger partial charge in [0.05, 0.1) is 27.7 Å². The molecule has 0 aliphatic carbocycles. The summed E-state index contributed by atoms with van der Waals surface area (Å²) < 4.78 is 34.6. The van der Waals surface area contributed by atoms with Gasteiger partial charge in [-0.2, -0.15) is 0 Å². The quantitative estimate of drug-likeness (QED) is 0.0211. The fraction of sp³-hybridized carbons (Fsp3) is 0.727. The van der Waals surface area contributed by atoms with E-state index in [-0.39, 0.29) is 32.0 Å². The van der Waals surface area contributed by atoms with Crippen molar-refractivity contribution in [1.29, 1.82) is 0 Å². The monoisotopic (exact) mass is 1080 g/mol. The van der Waals surface area contributed by atoms with Crippen molar-refractivity contribution in [2.45, 2.75) is 264 Å². The fourth-order valence-electron chi connectivity index (χ4n) is 8.34. The highest BCUT2D eigenvalue weighted by Crippen LogP contribution is 2.43. The first kappa shape index (κ1) is 72.9. The number of esters is 2. The summed E-state index contributed by atoms with van der Waals surface area (Å²) >= 11 is 0. The van der Waals surface area contributed by atoms with Crippen LogP contribution in [0.4, 0.5) is 0 Å². The smallest absolute Gasteiger partial charge is 0.462 e. The summed E-state index contributed by atoms with van der Waals surface area (Å²) in [6.07, 6.45) is 77.6. The van der Waals surface area contributed by atoms with Gasteiger partial charge in [-0.3, -0.25) is 18.6 Å². The molecule has 0 radical (unpaired) electrons. The number of rotatable bonds is 56. The van der Waals surface area contributed by atoms with Gasteiger partial charge in [0.2, 0.25) is 0 Å². The average molecular weight is 1080 g/mol. The Kier molecular flexibility index (Phi) is 54.4. The Balaban J connectivity index is 4.13. The number of unbranched alkanes of at least 4 members (excludes halogenated alkanes) is 26. The number of hydrogen-bond acceptors (Lipinski definition) is 7. The maximum absolute atomic E-state index is 12.8. The van der Waals surface area contributed by atoms with Crippen molar-refractivity contribution in [2.75, 3.05) is 47.5 Å². The first-order valence-electron chi connectivity index (χ1n) is 31.0. The van der Waals surface area contributed by atoms with E-state index in [9.17, 15) is 19.0 Å². The lowest BCUT2D eigenvalue weighted by molar-refractivity contribution is -0.870. The normalized spacial score (nSPS) is 13.9. The van der Waals surface area contributed by atoms with Crippen LogP contribution in [0.3, 0.4) is 0 Å². The minimum Gasteiger partial charge on any atom is -0.462 e. The second-order valence-electron chi connectivity index (χ2n) is 21.7. The van der Waals surface area contributed by atoms with Crippen LogP contribution in [-0.2, 0) is 32.7 Å². The van der Waals surface area contributed by atoms with E-state index in [1.54, 1.807) is 0 Å². The van der Waals surface area contributed by atoms with Gasteiger partial charge in [0, 0.05) is 12.8 Å². The molecule has 0 aromatic heterocycles. The van der Waals surface area contributed by atoms with Gasteiger partial charge >= 0.3 is 19.8 Å². The Morgan fingerprint density at radius 1 is 0.421 bits per heavy atom. The van der Waals surface area contributed by atoms with E-state index in [1.807, 2.05) is 21.1 Å². The Morgan fingerprint density at radius 3 is 1.13 bits per heavy atom. The van der Waals surface area contributed by atoms with Gasteiger partial charge in [-0.25, -0.2) is 4.57 Å². The van der Waals surface area contributed by atoms with Gasteiger partial charge in [-0.05, 0) is 96.3 Å². The molecule has 0 aliphatic rings. The van der Waals surface area contributed by atoms with E-state index in [0.29, 0.717) is 17.4 Å². The molecule has 0 aromatic carbocycles. The van der Waals surface area contributed by atoms with Gasteiger partial charge in [-0.15, -0.1) is 0 Å². The zero-order valence-corrected chi connectivity index (χ0v) is 50.6. The van der Waals surface area contributed by atoms with E-state index < -0.39 is 26.5 Å². The largest absolute Gasteiger partial charge is 0.472 e. The van der Waals surface area contributed by atoms with Crippen LogP contribution in [0, 0.1) is 0 Å². The first-order chi connectivity index (χ1) is 37.0. The fourth-order valence-corrected chi connectivity index (χ4v) is 9.09. The maximum atomic E-state index is 12.8. The van der Waals surface area contributed by atoms with Crippen molar-refractivity contribution in [3.05, 3.63) is 97.2 Å². The van der Waals surface area contributed by atoms with Gasteiger partial charge in [-0.1, -0.05) is 246 Å². The molecular weight excluding hydrogens is 966 g/mol. The summed E-state index contributed by atoms with van der Waals surface area (Å²) in [5.74, 6) is -0.802. The van der Waals surface area contributed by atoms with E-state index in [1.165, 1.54) is 135 Å². The Bertz CT molecular complexity index is 1600. The molecule has 0 heterocycles. The number of likely N-dealkylation sites (N-methyl/N-ethyl adjacent to an activating group) is 1. The third-order valence-electron chi connectivity index (χ3n) is 13.1. The SMILES string of the molecule is CC/C=C\C/C=C\C/C=C\C/C=C\C/C=C\C/C=C\C/C=C\CCCCCCCCCCCCCC(=O)OC(COC(=O)CCCCCCCCCCC/C=C\CCCCCCCC)COP(=O)(O)OCC[N+](C)(C)C. The number of allylic oxidation sites excluding steroid dienone is 16. The lowest BCUT2D eigenvalue weighted by Crippen LogP contribution is -2.37. The maximum Gasteiger partial charge on any atom is 0.472 e. The van der Waals surface area contributed by atoms with Crippen LogP contribution in [0.15, 0.2) is 97.2 Å². The molecule has 0 saturated carbocycles. The summed E-state index contributed by atoms with van der Waals surface area (Å²) in [5.41, 5.74) is 0. The minimum atomic E-state index is -4.39. The minimum absolute atomic E-state index is 0.0275. The number of nitrogens with zero attached hydrogens (tertiary/aromatic N) is 1. The Labute approximate surface area is 468 Å². The molecule has 438 valence electrons. The third-order valence-corrected chi connectivity index (χ3v) is 14.1. The van der Waals surface area contributed by atoms with E-state index in [0.717, 1.165) is 89.9 Å². The van der Waals surface area contributed by atoms with Crippen molar-refractivity contribution in [2.24, 2.45) is 0 Å². The van der Waals surface area contributed by atoms with Crippen molar-refractivity contribution >= 4 is 19.8 Å². The molecule has 2 atom stereocenters. The summed E-state index contributed by atoms with van der Waals surface area (Å²) in [5, 5.41) is 0. The lowest BCUT2D eigenvalue weighted by atomic mass is 10.0. The molecule has 9 nitrogen and oxygen atoms in total. The standard InChI is InChI=1S/C66H116NO8P/c1-6-8-10-12-14-16-18-20-22-24-26-27-28-29-30-31-32-33-34-35-36-37-38-39-41-43-45-47-49-51-53-55-57-59-66(69)75-64(63-74-76(70,71)73-61-60-67(3,4)5)62-72-65(68)58-56-54-52-50-48-46-44-42-40-25-23-21-19-17-15-13-11-9-7-2/h8,10,14,16,20-23,26-27,29-30,32-33,35-36,64H,6-7,9,11-13,15,17-19,24-25,28,31,34,37-63H2,1-5H3/p+1/b10-8-,16-14-,22-20-,23-21-,27-26-,30-29-,33-32-,36-35-. The van der Waals surface area contributed by atoms with Crippen molar-refractivity contribution < 1.29 is 42.1 Å². The van der Waals surface area contributed by atoms with Crippen molar-refractivity contribution in [3.8, 4) is 0 Å². The van der Waals surface area contributed by atoms with Gasteiger partial charge in [0.25, 0.3) is 0 Å². The highest BCUT2D eigenvalue weighted by atomic mass is 31.2. The molecule has 0 aliphatic heterocycles. The molecule has 1 N–H and O–H groups in total. The second kappa shape index (κ2) is 56.6. The van der Waals surface area contributed by atoms with Crippen molar-refractivity contribution in [1.82, 2.24) is 0 Å². The van der Waals surface area contributed by atoms with Gasteiger partial charge < -0.3 is 18.9 Å². The molecule has 0 saturated heterocycles. The predicted octanol–water partition coefficient (Wildman–Crippen LogP) is 19.6. The number of carbonyl (C=O) groups is 2.